The summed E-state index contributed by atoms with van der Waals surface area (Å²) < 4.78 is 5.52. The molecule has 0 spiro atoms. The number of anilines is 1. The molecule has 4 rings (SSSR count). The van der Waals surface area contributed by atoms with E-state index in [2.05, 4.69) is 70.5 Å². The third kappa shape index (κ3) is 3.71. The molecule has 1 aromatic heterocycles. The van der Waals surface area contributed by atoms with Gasteiger partial charge in [0, 0.05) is 38.7 Å². The Labute approximate surface area is 155 Å². The number of methoxy groups -OCH3 is 1. The monoisotopic (exact) mass is 347 g/mol. The molecule has 0 saturated carbocycles. The van der Waals surface area contributed by atoms with Gasteiger partial charge >= 0.3 is 0 Å². The molecule has 0 unspecified atom stereocenters. The third-order valence-electron chi connectivity index (χ3n) is 5.05. The largest absolute Gasteiger partial charge is 0.383 e. The smallest absolute Gasteiger partial charge is 0.129 e. The average Bonchev–Trinajstić information content (AvgIpc) is 2.69. The number of piperazine rings is 1. The van der Waals surface area contributed by atoms with E-state index in [9.17, 15) is 0 Å². The topological polar surface area (TPSA) is 28.6 Å². The van der Waals surface area contributed by atoms with Crippen molar-refractivity contribution in [1.29, 1.82) is 0 Å². The minimum atomic E-state index is 0.311. The molecule has 1 aliphatic rings. The van der Waals surface area contributed by atoms with Gasteiger partial charge < -0.3 is 9.64 Å². The summed E-state index contributed by atoms with van der Waals surface area (Å²) in [5.41, 5.74) is 2.41. The maximum Gasteiger partial charge on any atom is 0.129 e. The van der Waals surface area contributed by atoms with Crippen molar-refractivity contribution in [1.82, 2.24) is 9.88 Å². The second-order valence-electron chi connectivity index (χ2n) is 6.89. The van der Waals surface area contributed by atoms with Crippen LogP contribution in [-0.4, -0.2) is 49.3 Å². The van der Waals surface area contributed by atoms with Crippen LogP contribution in [0.15, 0.2) is 66.7 Å². The number of fused-ring (bicyclic) bond motifs is 1. The van der Waals surface area contributed by atoms with Gasteiger partial charge in [0.05, 0.1) is 18.2 Å². The molecule has 0 amide bonds. The Morgan fingerprint density at radius 1 is 0.962 bits per heavy atom. The number of ether oxygens (including phenoxy) is 1. The number of hydrogen-bond donors (Lipinski definition) is 0. The lowest BCUT2D eigenvalue weighted by molar-refractivity contribution is 0.129. The van der Waals surface area contributed by atoms with Crippen LogP contribution < -0.4 is 4.90 Å². The Bertz CT molecular complexity index is 852. The van der Waals surface area contributed by atoms with Gasteiger partial charge in [0.2, 0.25) is 0 Å². The molecule has 26 heavy (non-hydrogen) atoms. The minimum Gasteiger partial charge on any atom is -0.383 e. The summed E-state index contributed by atoms with van der Waals surface area (Å²) in [5.74, 6) is 1.05. The van der Waals surface area contributed by atoms with E-state index in [-0.39, 0.29) is 0 Å². The van der Waals surface area contributed by atoms with Crippen LogP contribution in [0.3, 0.4) is 0 Å². The van der Waals surface area contributed by atoms with Gasteiger partial charge in [0.15, 0.2) is 0 Å². The Morgan fingerprint density at radius 3 is 2.62 bits per heavy atom. The summed E-state index contributed by atoms with van der Waals surface area (Å²) in [5, 5.41) is 1.18. The summed E-state index contributed by atoms with van der Waals surface area (Å²) in [6.07, 6.45) is 0. The van der Waals surface area contributed by atoms with Gasteiger partial charge in [-0.05, 0) is 23.8 Å². The maximum atomic E-state index is 5.52. The van der Waals surface area contributed by atoms with Crippen LogP contribution in [0, 0.1) is 0 Å². The lowest BCUT2D eigenvalue weighted by Gasteiger charge is -2.42. The van der Waals surface area contributed by atoms with Crippen LogP contribution in [0.25, 0.3) is 10.9 Å². The van der Waals surface area contributed by atoms with Crippen molar-refractivity contribution in [2.75, 3.05) is 38.3 Å². The van der Waals surface area contributed by atoms with Crippen LogP contribution in [0.2, 0.25) is 0 Å². The van der Waals surface area contributed by atoms with Gasteiger partial charge in [-0.1, -0.05) is 48.5 Å². The summed E-state index contributed by atoms with van der Waals surface area (Å²) in [6.45, 7) is 4.67. The number of aromatic nitrogens is 1. The second-order valence-corrected chi connectivity index (χ2v) is 6.89. The van der Waals surface area contributed by atoms with E-state index in [1.54, 1.807) is 7.11 Å². The van der Waals surface area contributed by atoms with Gasteiger partial charge in [0.1, 0.15) is 5.82 Å². The van der Waals surface area contributed by atoms with Crippen molar-refractivity contribution in [2.24, 2.45) is 0 Å². The zero-order valence-electron chi connectivity index (χ0n) is 15.2. The predicted octanol–water partition coefficient (Wildman–Crippen LogP) is 3.57. The van der Waals surface area contributed by atoms with Crippen molar-refractivity contribution in [3.8, 4) is 0 Å². The normalized spacial score (nSPS) is 18.3. The van der Waals surface area contributed by atoms with Gasteiger partial charge in [0.25, 0.3) is 0 Å². The first-order chi connectivity index (χ1) is 12.8. The lowest BCUT2D eigenvalue weighted by Crippen LogP contribution is -2.55. The van der Waals surface area contributed by atoms with Crippen molar-refractivity contribution in [2.45, 2.75) is 12.6 Å². The molecule has 134 valence electrons. The SMILES string of the molecule is COC[C@@H]1CN(Cc2ccccc2)CCN1c1ccc2ccccc2n1. The molecule has 2 heterocycles. The molecule has 0 N–H and O–H groups in total. The molecule has 0 radical (unpaired) electrons. The van der Waals surface area contributed by atoms with E-state index in [4.69, 9.17) is 9.72 Å². The number of benzene rings is 2. The highest BCUT2D eigenvalue weighted by Gasteiger charge is 2.28. The van der Waals surface area contributed by atoms with Crippen molar-refractivity contribution in [3.05, 3.63) is 72.3 Å². The van der Waals surface area contributed by atoms with Gasteiger partial charge in [-0.15, -0.1) is 0 Å². The second kappa shape index (κ2) is 7.85. The first kappa shape index (κ1) is 17.0. The highest BCUT2D eigenvalue weighted by Crippen LogP contribution is 2.23. The highest BCUT2D eigenvalue weighted by molar-refractivity contribution is 5.80. The number of pyridine rings is 1. The van der Waals surface area contributed by atoms with Crippen LogP contribution >= 0.6 is 0 Å². The van der Waals surface area contributed by atoms with E-state index in [0.717, 1.165) is 37.5 Å². The zero-order chi connectivity index (χ0) is 17.8. The fraction of sp³-hybridized carbons (Fsp3) is 0.318. The van der Waals surface area contributed by atoms with Crippen LogP contribution in [-0.2, 0) is 11.3 Å². The zero-order valence-corrected chi connectivity index (χ0v) is 15.2. The highest BCUT2D eigenvalue weighted by atomic mass is 16.5. The Balaban J connectivity index is 1.52. The first-order valence-electron chi connectivity index (χ1n) is 9.21. The molecule has 4 heteroatoms. The average molecular weight is 347 g/mol. The molecule has 1 aliphatic heterocycles. The van der Waals surface area contributed by atoms with Crippen molar-refractivity contribution in [3.63, 3.8) is 0 Å². The van der Waals surface area contributed by atoms with Crippen LogP contribution in [0.4, 0.5) is 5.82 Å². The van der Waals surface area contributed by atoms with E-state index < -0.39 is 0 Å². The van der Waals surface area contributed by atoms with Gasteiger partial charge in [-0.25, -0.2) is 4.98 Å². The third-order valence-corrected chi connectivity index (χ3v) is 5.05. The Kier molecular flexibility index (Phi) is 5.14. The van der Waals surface area contributed by atoms with E-state index in [1.165, 1.54) is 10.9 Å². The molecule has 0 aliphatic carbocycles. The Morgan fingerprint density at radius 2 is 1.77 bits per heavy atom. The summed E-state index contributed by atoms with van der Waals surface area (Å²) >= 11 is 0. The van der Waals surface area contributed by atoms with Gasteiger partial charge in [-0.2, -0.15) is 0 Å². The molecule has 3 aromatic rings. The molecule has 2 aromatic carbocycles. The molecular weight excluding hydrogens is 322 g/mol. The number of para-hydroxylation sites is 1. The van der Waals surface area contributed by atoms with E-state index in [1.807, 2.05) is 6.07 Å². The molecule has 1 fully saturated rings. The molecule has 4 nitrogen and oxygen atoms in total. The number of rotatable bonds is 5. The summed E-state index contributed by atoms with van der Waals surface area (Å²) in [6, 6.07) is 23.6. The quantitative estimate of drug-likeness (QED) is 0.705. The summed E-state index contributed by atoms with van der Waals surface area (Å²) in [4.78, 5) is 9.80. The number of hydrogen-bond acceptors (Lipinski definition) is 4. The fourth-order valence-electron chi connectivity index (χ4n) is 3.76. The first-order valence-corrected chi connectivity index (χ1v) is 9.21. The summed E-state index contributed by atoms with van der Waals surface area (Å²) in [7, 11) is 1.78. The van der Waals surface area contributed by atoms with Crippen molar-refractivity contribution >= 4 is 16.7 Å². The van der Waals surface area contributed by atoms with Gasteiger partial charge in [-0.3, -0.25) is 4.90 Å². The minimum absolute atomic E-state index is 0.311. The number of nitrogens with zero attached hydrogens (tertiary/aromatic N) is 3. The molecular formula is C22H25N3O. The molecule has 1 saturated heterocycles. The Hall–Kier alpha value is -2.43. The van der Waals surface area contributed by atoms with Crippen LogP contribution in [0.5, 0.6) is 0 Å². The van der Waals surface area contributed by atoms with E-state index >= 15 is 0 Å². The maximum absolute atomic E-state index is 5.52. The molecule has 0 bridgehead atoms. The van der Waals surface area contributed by atoms with Crippen molar-refractivity contribution < 1.29 is 4.74 Å². The van der Waals surface area contributed by atoms with E-state index in [0.29, 0.717) is 12.6 Å². The predicted molar refractivity (Wildman–Crippen MR) is 106 cm³/mol. The standard InChI is InChI=1S/C22H25N3O/c1-26-17-20-16-24(15-18-7-3-2-4-8-18)13-14-25(20)22-12-11-19-9-5-6-10-21(19)23-22/h2-12,20H,13-17H2,1H3/t20-/m0/s1. The fourth-order valence-corrected chi connectivity index (χ4v) is 3.76. The lowest BCUT2D eigenvalue weighted by atomic mass is 10.1. The molecule has 1 atom stereocenters. The van der Waals surface area contributed by atoms with Crippen LogP contribution in [0.1, 0.15) is 5.56 Å².